The number of anilines is 1. The van der Waals surface area contributed by atoms with E-state index in [-0.39, 0.29) is 5.56 Å². The predicted octanol–water partition coefficient (Wildman–Crippen LogP) is 3.54. The monoisotopic (exact) mass is 265 g/mol. The normalized spacial score (nSPS) is 20.1. The molecule has 1 fully saturated rings. The molecule has 0 aliphatic carbocycles. The number of benzene rings is 1. The van der Waals surface area contributed by atoms with E-state index in [0.29, 0.717) is 5.69 Å². The zero-order valence-electron chi connectivity index (χ0n) is 11.2. The molecule has 0 amide bonds. The Kier molecular flexibility index (Phi) is 4.40. The van der Waals surface area contributed by atoms with E-state index in [9.17, 15) is 14.3 Å². The van der Waals surface area contributed by atoms with Crippen LogP contribution in [0.5, 0.6) is 0 Å². The molecule has 0 saturated carbocycles. The third-order valence-corrected chi connectivity index (χ3v) is 3.95. The van der Waals surface area contributed by atoms with E-state index in [4.69, 9.17) is 0 Å². The van der Waals surface area contributed by atoms with Gasteiger partial charge in [-0.15, -0.1) is 0 Å². The molecule has 19 heavy (non-hydrogen) atoms. The average molecular weight is 265 g/mol. The van der Waals surface area contributed by atoms with Crippen molar-refractivity contribution >= 4 is 11.7 Å². The van der Waals surface area contributed by atoms with Crippen molar-refractivity contribution in [1.29, 1.82) is 0 Å². The number of carboxylic acids is 1. The molecule has 0 aromatic heterocycles. The van der Waals surface area contributed by atoms with Crippen molar-refractivity contribution in [1.82, 2.24) is 0 Å². The molecular weight excluding hydrogens is 245 g/mol. The van der Waals surface area contributed by atoms with Gasteiger partial charge in [-0.25, -0.2) is 9.18 Å². The van der Waals surface area contributed by atoms with Gasteiger partial charge in [0, 0.05) is 13.1 Å². The Morgan fingerprint density at radius 2 is 2.21 bits per heavy atom. The predicted molar refractivity (Wildman–Crippen MR) is 73.2 cm³/mol. The van der Waals surface area contributed by atoms with Gasteiger partial charge in [-0.1, -0.05) is 13.3 Å². The minimum absolute atomic E-state index is 0.0648. The molecule has 2 rings (SSSR count). The Labute approximate surface area is 113 Å². The zero-order chi connectivity index (χ0) is 13.8. The highest BCUT2D eigenvalue weighted by molar-refractivity contribution is 5.94. The van der Waals surface area contributed by atoms with Crippen molar-refractivity contribution in [2.45, 2.75) is 32.6 Å². The topological polar surface area (TPSA) is 40.5 Å². The minimum Gasteiger partial charge on any atom is -0.478 e. The number of hydrogen-bond acceptors (Lipinski definition) is 2. The van der Waals surface area contributed by atoms with Crippen molar-refractivity contribution in [3.05, 3.63) is 29.6 Å². The summed E-state index contributed by atoms with van der Waals surface area (Å²) in [5, 5.41) is 9.20. The molecule has 1 aliphatic rings. The van der Waals surface area contributed by atoms with Crippen LogP contribution in [-0.4, -0.2) is 24.2 Å². The van der Waals surface area contributed by atoms with E-state index in [2.05, 4.69) is 11.8 Å². The second-order valence-corrected chi connectivity index (χ2v) is 5.16. The van der Waals surface area contributed by atoms with Gasteiger partial charge in [0.1, 0.15) is 5.82 Å². The van der Waals surface area contributed by atoms with E-state index >= 15 is 0 Å². The third kappa shape index (κ3) is 3.25. The Hall–Kier alpha value is -1.58. The first kappa shape index (κ1) is 13.8. The minimum atomic E-state index is -1.06. The Bertz CT molecular complexity index is 461. The molecule has 4 heteroatoms. The van der Waals surface area contributed by atoms with Crippen LogP contribution in [-0.2, 0) is 0 Å². The highest BCUT2D eigenvalue weighted by Gasteiger charge is 2.20. The van der Waals surface area contributed by atoms with Gasteiger partial charge in [0.25, 0.3) is 0 Å². The molecule has 0 spiro atoms. The molecule has 1 heterocycles. The van der Waals surface area contributed by atoms with Gasteiger partial charge in [0.2, 0.25) is 0 Å². The van der Waals surface area contributed by atoms with E-state index in [1.54, 1.807) is 6.07 Å². The molecule has 1 atom stereocenters. The number of carboxylic acid groups (broad SMARTS) is 1. The maximum Gasteiger partial charge on any atom is 0.337 e. The van der Waals surface area contributed by atoms with Gasteiger partial charge in [-0.05, 0) is 43.4 Å². The van der Waals surface area contributed by atoms with Crippen molar-refractivity contribution in [3.8, 4) is 0 Å². The average Bonchev–Trinajstić information content (AvgIpc) is 2.63. The Balaban J connectivity index is 2.23. The number of hydrogen-bond donors (Lipinski definition) is 1. The van der Waals surface area contributed by atoms with Crippen molar-refractivity contribution in [3.63, 3.8) is 0 Å². The summed E-state index contributed by atoms with van der Waals surface area (Å²) in [6, 6.07) is 4.04. The van der Waals surface area contributed by atoms with Crippen molar-refractivity contribution in [2.75, 3.05) is 18.0 Å². The van der Waals surface area contributed by atoms with Gasteiger partial charge in [0.15, 0.2) is 0 Å². The lowest BCUT2D eigenvalue weighted by Crippen LogP contribution is -2.26. The fourth-order valence-corrected chi connectivity index (χ4v) is 2.77. The van der Waals surface area contributed by atoms with Crippen LogP contribution in [0.1, 0.15) is 43.0 Å². The van der Waals surface area contributed by atoms with Gasteiger partial charge in [0.05, 0.1) is 11.3 Å². The van der Waals surface area contributed by atoms with Crippen molar-refractivity contribution < 1.29 is 14.3 Å². The van der Waals surface area contributed by atoms with Crippen LogP contribution in [0.15, 0.2) is 18.2 Å². The number of halogens is 1. The lowest BCUT2D eigenvalue weighted by Gasteiger charge is -2.24. The summed E-state index contributed by atoms with van der Waals surface area (Å²) in [6.07, 6.45) is 4.50. The zero-order valence-corrected chi connectivity index (χ0v) is 11.2. The molecule has 1 aliphatic heterocycles. The summed E-state index contributed by atoms with van der Waals surface area (Å²) < 4.78 is 13.2. The van der Waals surface area contributed by atoms with Crippen LogP contribution < -0.4 is 4.90 Å². The van der Waals surface area contributed by atoms with Crippen LogP contribution in [0.25, 0.3) is 0 Å². The first-order valence-corrected chi connectivity index (χ1v) is 6.89. The number of nitrogens with zero attached hydrogens (tertiary/aromatic N) is 1. The largest absolute Gasteiger partial charge is 0.478 e. The van der Waals surface area contributed by atoms with E-state index < -0.39 is 11.8 Å². The summed E-state index contributed by atoms with van der Waals surface area (Å²) in [6.45, 7) is 3.90. The SMILES string of the molecule is CCC1CCCN(c2ccc(F)cc2C(=O)O)CC1. The molecular formula is C15H20FNO2. The van der Waals surface area contributed by atoms with Crippen LogP contribution in [0.3, 0.4) is 0 Å². The second-order valence-electron chi connectivity index (χ2n) is 5.16. The van der Waals surface area contributed by atoms with Crippen molar-refractivity contribution in [2.24, 2.45) is 5.92 Å². The maximum atomic E-state index is 13.2. The molecule has 0 radical (unpaired) electrons. The molecule has 3 nitrogen and oxygen atoms in total. The fourth-order valence-electron chi connectivity index (χ4n) is 2.77. The lowest BCUT2D eigenvalue weighted by atomic mass is 9.98. The third-order valence-electron chi connectivity index (χ3n) is 3.95. The maximum absolute atomic E-state index is 13.2. The first-order valence-electron chi connectivity index (χ1n) is 6.89. The van der Waals surface area contributed by atoms with Gasteiger partial charge >= 0.3 is 5.97 Å². The molecule has 104 valence electrons. The Morgan fingerprint density at radius 3 is 2.89 bits per heavy atom. The lowest BCUT2D eigenvalue weighted by molar-refractivity contribution is 0.0697. The van der Waals surface area contributed by atoms with Crippen LogP contribution in [0.4, 0.5) is 10.1 Å². The number of rotatable bonds is 3. The molecule has 0 bridgehead atoms. The first-order chi connectivity index (χ1) is 9.11. The summed E-state index contributed by atoms with van der Waals surface area (Å²) in [5.74, 6) is -0.841. The van der Waals surface area contributed by atoms with Gasteiger partial charge < -0.3 is 10.0 Å². The Morgan fingerprint density at radius 1 is 1.42 bits per heavy atom. The molecule has 1 aromatic rings. The van der Waals surface area contributed by atoms with Gasteiger partial charge in [-0.2, -0.15) is 0 Å². The smallest absolute Gasteiger partial charge is 0.337 e. The van der Waals surface area contributed by atoms with Crippen LogP contribution >= 0.6 is 0 Å². The summed E-state index contributed by atoms with van der Waals surface area (Å²) in [4.78, 5) is 13.3. The summed E-state index contributed by atoms with van der Waals surface area (Å²) in [7, 11) is 0. The van der Waals surface area contributed by atoms with Gasteiger partial charge in [-0.3, -0.25) is 0 Å². The van der Waals surface area contributed by atoms with Crippen LogP contribution in [0.2, 0.25) is 0 Å². The highest BCUT2D eigenvalue weighted by atomic mass is 19.1. The molecule has 1 unspecified atom stereocenters. The van der Waals surface area contributed by atoms with E-state index in [1.165, 1.54) is 18.9 Å². The summed E-state index contributed by atoms with van der Waals surface area (Å²) >= 11 is 0. The van der Waals surface area contributed by atoms with Crippen LogP contribution in [0, 0.1) is 11.7 Å². The molecule has 1 saturated heterocycles. The summed E-state index contributed by atoms with van der Waals surface area (Å²) in [5.41, 5.74) is 0.709. The highest BCUT2D eigenvalue weighted by Crippen LogP contribution is 2.27. The van der Waals surface area contributed by atoms with E-state index in [0.717, 1.165) is 37.9 Å². The quantitative estimate of drug-likeness (QED) is 0.908. The number of aromatic carboxylic acids is 1. The van der Waals surface area contributed by atoms with E-state index in [1.807, 2.05) is 0 Å². The second kappa shape index (κ2) is 6.04. The number of carbonyl (C=O) groups is 1. The standard InChI is InChI=1S/C15H20FNO2/c1-2-11-4-3-8-17(9-7-11)14-6-5-12(16)10-13(14)15(18)19/h5-6,10-11H,2-4,7-9H2,1H3,(H,18,19). The fraction of sp³-hybridized carbons (Fsp3) is 0.533. The molecule has 1 N–H and O–H groups in total. The molecule has 1 aromatic carbocycles.